The molecular formula is C14H24N4O2. The van der Waals surface area contributed by atoms with Crippen LogP contribution in [0.4, 0.5) is 0 Å². The van der Waals surface area contributed by atoms with Crippen LogP contribution >= 0.6 is 0 Å². The normalized spacial score (nSPS) is 9.50. The van der Waals surface area contributed by atoms with Crippen LogP contribution < -0.4 is 22.9 Å². The number of nitrogens with two attached hydrogens (primary N) is 4. The third-order valence-electron chi connectivity index (χ3n) is 2.59. The molecule has 0 saturated carbocycles. The molecule has 0 unspecified atom stereocenters. The van der Waals surface area contributed by atoms with Crippen LogP contribution in [0.2, 0.25) is 0 Å². The fourth-order valence-electron chi connectivity index (χ4n) is 1.41. The van der Waals surface area contributed by atoms with Gasteiger partial charge in [0.2, 0.25) is 11.8 Å². The van der Waals surface area contributed by atoms with Gasteiger partial charge < -0.3 is 22.9 Å². The first-order valence-electron chi connectivity index (χ1n) is 6.54. The predicted molar refractivity (Wildman–Crippen MR) is 79.1 cm³/mol. The van der Waals surface area contributed by atoms with Gasteiger partial charge in [-0.05, 0) is 24.0 Å². The van der Waals surface area contributed by atoms with Crippen molar-refractivity contribution in [1.29, 1.82) is 0 Å². The summed E-state index contributed by atoms with van der Waals surface area (Å²) in [4.78, 5) is 20.3. The Balaban J connectivity index is 0.000000361. The van der Waals surface area contributed by atoms with Crippen LogP contribution in [-0.2, 0) is 22.7 Å². The van der Waals surface area contributed by atoms with E-state index in [0.29, 0.717) is 38.8 Å². The molecule has 0 atom stereocenters. The Bertz CT molecular complexity index is 365. The Kier molecular flexibility index (Phi) is 9.90. The second-order valence-electron chi connectivity index (χ2n) is 4.36. The second-order valence-corrected chi connectivity index (χ2v) is 4.36. The van der Waals surface area contributed by atoms with Gasteiger partial charge in [0, 0.05) is 25.9 Å². The maximum Gasteiger partial charge on any atom is 0.217 e. The Morgan fingerprint density at radius 1 is 0.750 bits per heavy atom. The quantitative estimate of drug-likeness (QED) is 0.527. The smallest absolute Gasteiger partial charge is 0.217 e. The van der Waals surface area contributed by atoms with Gasteiger partial charge >= 0.3 is 0 Å². The van der Waals surface area contributed by atoms with Crippen molar-refractivity contribution in [3.05, 3.63) is 35.4 Å². The molecule has 0 saturated heterocycles. The minimum Gasteiger partial charge on any atom is -0.370 e. The maximum atomic E-state index is 10.2. The topological polar surface area (TPSA) is 138 Å². The molecule has 6 nitrogen and oxygen atoms in total. The lowest BCUT2D eigenvalue weighted by Crippen LogP contribution is -2.12. The van der Waals surface area contributed by atoms with Crippen molar-refractivity contribution in [3.8, 4) is 0 Å². The summed E-state index contributed by atoms with van der Waals surface area (Å²) in [6.45, 7) is 1.20. The third kappa shape index (κ3) is 10.0. The molecule has 1 aromatic carbocycles. The highest BCUT2D eigenvalue weighted by atomic mass is 16.1. The van der Waals surface area contributed by atoms with E-state index in [1.165, 1.54) is 0 Å². The van der Waals surface area contributed by atoms with Crippen molar-refractivity contribution in [1.82, 2.24) is 0 Å². The van der Waals surface area contributed by atoms with Gasteiger partial charge in [0.25, 0.3) is 0 Å². The van der Waals surface area contributed by atoms with Gasteiger partial charge in [-0.1, -0.05) is 24.3 Å². The zero-order chi connectivity index (χ0) is 15.4. The van der Waals surface area contributed by atoms with Crippen molar-refractivity contribution in [2.75, 3.05) is 0 Å². The van der Waals surface area contributed by atoms with Gasteiger partial charge in [0.15, 0.2) is 0 Å². The molecule has 6 heteroatoms. The summed E-state index contributed by atoms with van der Waals surface area (Å²) >= 11 is 0. The Labute approximate surface area is 119 Å². The van der Waals surface area contributed by atoms with E-state index >= 15 is 0 Å². The van der Waals surface area contributed by atoms with E-state index in [1.54, 1.807) is 0 Å². The van der Waals surface area contributed by atoms with Crippen LogP contribution in [0.5, 0.6) is 0 Å². The van der Waals surface area contributed by atoms with Gasteiger partial charge in [-0.3, -0.25) is 9.59 Å². The van der Waals surface area contributed by atoms with Crippen LogP contribution in [0.1, 0.15) is 36.8 Å². The highest BCUT2D eigenvalue weighted by molar-refractivity contribution is 5.74. The second kappa shape index (κ2) is 11.0. The molecule has 0 bridgehead atoms. The van der Waals surface area contributed by atoms with Crippen molar-refractivity contribution >= 4 is 11.8 Å². The molecule has 0 aliphatic rings. The largest absolute Gasteiger partial charge is 0.370 e. The van der Waals surface area contributed by atoms with E-state index in [4.69, 9.17) is 22.9 Å². The van der Waals surface area contributed by atoms with Gasteiger partial charge in [-0.25, -0.2) is 0 Å². The summed E-state index contributed by atoms with van der Waals surface area (Å²) in [6, 6.07) is 8.01. The molecule has 0 aliphatic carbocycles. The van der Waals surface area contributed by atoms with Crippen LogP contribution in [0.15, 0.2) is 24.3 Å². The summed E-state index contributed by atoms with van der Waals surface area (Å²) in [5.74, 6) is -0.658. The summed E-state index contributed by atoms with van der Waals surface area (Å²) in [5, 5.41) is 0. The zero-order valence-electron chi connectivity index (χ0n) is 11.7. The minimum absolute atomic E-state index is 0.329. The van der Waals surface area contributed by atoms with Crippen LogP contribution in [0.25, 0.3) is 0 Å². The first-order chi connectivity index (χ1) is 9.49. The average Bonchev–Trinajstić information content (AvgIpc) is 2.44. The molecule has 112 valence electrons. The molecule has 8 N–H and O–H groups in total. The van der Waals surface area contributed by atoms with Crippen molar-refractivity contribution in [2.45, 2.75) is 38.8 Å². The molecule has 1 aromatic rings. The predicted octanol–water partition coefficient (Wildman–Crippen LogP) is 0.121. The zero-order valence-corrected chi connectivity index (χ0v) is 11.7. The number of benzene rings is 1. The molecular weight excluding hydrogens is 256 g/mol. The number of hydrogen-bond acceptors (Lipinski definition) is 4. The summed E-state index contributed by atoms with van der Waals surface area (Å²) < 4.78 is 0. The minimum atomic E-state index is -0.329. The van der Waals surface area contributed by atoms with E-state index in [-0.39, 0.29) is 11.8 Å². The van der Waals surface area contributed by atoms with Crippen molar-refractivity contribution in [3.63, 3.8) is 0 Å². The molecule has 0 radical (unpaired) electrons. The molecule has 2 amide bonds. The molecule has 0 aliphatic heterocycles. The van der Waals surface area contributed by atoms with Crippen LogP contribution in [0, 0.1) is 0 Å². The summed E-state index contributed by atoms with van der Waals surface area (Å²) in [7, 11) is 0. The Morgan fingerprint density at radius 3 is 1.25 bits per heavy atom. The fourth-order valence-corrected chi connectivity index (χ4v) is 1.41. The maximum absolute atomic E-state index is 10.2. The highest BCUT2D eigenvalue weighted by Crippen LogP contribution is 2.01. The lowest BCUT2D eigenvalue weighted by atomic mass is 10.1. The monoisotopic (exact) mass is 280 g/mol. The first-order valence-corrected chi connectivity index (χ1v) is 6.54. The highest BCUT2D eigenvalue weighted by Gasteiger charge is 1.96. The number of rotatable bonds is 7. The van der Waals surface area contributed by atoms with Gasteiger partial charge in [-0.2, -0.15) is 0 Å². The molecule has 0 heterocycles. The van der Waals surface area contributed by atoms with Crippen LogP contribution in [0.3, 0.4) is 0 Å². The van der Waals surface area contributed by atoms with Crippen LogP contribution in [-0.4, -0.2) is 11.8 Å². The summed E-state index contributed by atoms with van der Waals surface area (Å²) in [5.41, 5.74) is 22.8. The lowest BCUT2D eigenvalue weighted by Gasteiger charge is -1.97. The average molecular weight is 280 g/mol. The Morgan fingerprint density at radius 2 is 1.05 bits per heavy atom. The number of unbranched alkanes of at least 4 members (excludes halogenated alkanes) is 1. The van der Waals surface area contributed by atoms with Gasteiger partial charge in [0.1, 0.15) is 0 Å². The number of carbonyl (C=O) groups excluding carboxylic acids is 2. The first kappa shape index (κ1) is 18.1. The van der Waals surface area contributed by atoms with E-state index in [9.17, 15) is 9.59 Å². The number of carbonyl (C=O) groups is 2. The van der Waals surface area contributed by atoms with Gasteiger partial charge in [-0.15, -0.1) is 0 Å². The number of amides is 2. The number of hydrogen-bond donors (Lipinski definition) is 4. The lowest BCUT2D eigenvalue weighted by molar-refractivity contribution is -0.119. The molecule has 20 heavy (non-hydrogen) atoms. The molecule has 0 fully saturated rings. The third-order valence-corrected chi connectivity index (χ3v) is 2.59. The van der Waals surface area contributed by atoms with Crippen molar-refractivity contribution in [2.24, 2.45) is 22.9 Å². The van der Waals surface area contributed by atoms with E-state index in [2.05, 4.69) is 0 Å². The van der Waals surface area contributed by atoms with E-state index in [1.807, 2.05) is 24.3 Å². The Hall–Kier alpha value is -1.92. The molecule has 0 aromatic heterocycles. The molecule has 1 rings (SSSR count). The summed E-state index contributed by atoms with van der Waals surface area (Å²) in [6.07, 6.45) is 1.98. The fraction of sp³-hybridized carbons (Fsp3) is 0.429. The van der Waals surface area contributed by atoms with Gasteiger partial charge in [0.05, 0.1) is 0 Å². The SMILES string of the molecule is NC(=O)CCCCC(N)=O.NCc1ccc(CN)cc1. The van der Waals surface area contributed by atoms with E-state index in [0.717, 1.165) is 11.1 Å². The van der Waals surface area contributed by atoms with E-state index < -0.39 is 0 Å². The molecule has 0 spiro atoms. The standard InChI is InChI=1S/C8H12N2.C6H12N2O2/c9-5-7-1-2-8(6-10)4-3-7;7-5(9)3-1-2-4-6(8)10/h1-4H,5-6,9-10H2;1-4H2,(H2,7,9)(H2,8,10). The van der Waals surface area contributed by atoms with Crippen molar-refractivity contribution < 1.29 is 9.59 Å². The number of primary amides is 2.